The molecule has 0 unspecified atom stereocenters. The molecule has 2 nitrogen and oxygen atoms in total. The standard InChI is InChI=1S/C9H8N2S3/c10-8(12)5-13-9-11-6-3-1-2-4-7(6)14-9/h1-4H,5H2,(H2,10,12). The SMILES string of the molecule is NC(=S)CSc1nc2ccccc2s1. The van der Waals surface area contributed by atoms with Crippen molar-refractivity contribution in [3.8, 4) is 0 Å². The molecule has 0 saturated heterocycles. The Hall–Kier alpha value is -0.650. The number of rotatable bonds is 3. The van der Waals surface area contributed by atoms with E-state index in [1.807, 2.05) is 18.2 Å². The maximum atomic E-state index is 5.42. The van der Waals surface area contributed by atoms with Gasteiger partial charge in [0.15, 0.2) is 4.34 Å². The molecule has 1 heterocycles. The summed E-state index contributed by atoms with van der Waals surface area (Å²) < 4.78 is 2.23. The van der Waals surface area contributed by atoms with Crippen molar-refractivity contribution < 1.29 is 0 Å². The van der Waals surface area contributed by atoms with Crippen LogP contribution in [0.2, 0.25) is 0 Å². The number of hydrogen-bond acceptors (Lipinski definition) is 4. The van der Waals surface area contributed by atoms with E-state index in [1.54, 1.807) is 23.1 Å². The van der Waals surface area contributed by atoms with Gasteiger partial charge in [-0.25, -0.2) is 4.98 Å². The number of thiazole rings is 1. The second-order valence-electron chi connectivity index (χ2n) is 2.70. The minimum Gasteiger partial charge on any atom is -0.393 e. The van der Waals surface area contributed by atoms with Gasteiger partial charge in [0, 0.05) is 0 Å². The number of hydrogen-bond donors (Lipinski definition) is 1. The Balaban J connectivity index is 2.22. The number of nitrogens with two attached hydrogens (primary N) is 1. The van der Waals surface area contributed by atoms with Crippen molar-refractivity contribution in [1.29, 1.82) is 0 Å². The van der Waals surface area contributed by atoms with Crippen molar-refractivity contribution in [2.45, 2.75) is 4.34 Å². The van der Waals surface area contributed by atoms with E-state index in [9.17, 15) is 0 Å². The van der Waals surface area contributed by atoms with Crippen molar-refractivity contribution in [2.75, 3.05) is 5.75 Å². The third kappa shape index (κ3) is 2.23. The smallest absolute Gasteiger partial charge is 0.151 e. The summed E-state index contributed by atoms with van der Waals surface area (Å²) in [6.07, 6.45) is 0. The number of nitrogens with zero attached hydrogens (tertiary/aromatic N) is 1. The van der Waals surface area contributed by atoms with E-state index in [4.69, 9.17) is 18.0 Å². The van der Waals surface area contributed by atoms with Crippen molar-refractivity contribution in [1.82, 2.24) is 4.98 Å². The molecule has 0 radical (unpaired) electrons. The van der Waals surface area contributed by atoms with Gasteiger partial charge in [0.05, 0.1) is 21.0 Å². The molecule has 2 aromatic rings. The Kier molecular flexibility index (Phi) is 3.00. The molecule has 14 heavy (non-hydrogen) atoms. The Morgan fingerprint density at radius 3 is 3.00 bits per heavy atom. The molecule has 0 fully saturated rings. The van der Waals surface area contributed by atoms with Gasteiger partial charge in [-0.2, -0.15) is 0 Å². The van der Waals surface area contributed by atoms with Crippen LogP contribution >= 0.6 is 35.3 Å². The fraction of sp³-hybridized carbons (Fsp3) is 0.111. The third-order valence-electron chi connectivity index (χ3n) is 1.61. The molecule has 72 valence electrons. The molecule has 0 saturated carbocycles. The summed E-state index contributed by atoms with van der Waals surface area (Å²) in [5.74, 6) is 0.662. The average Bonchev–Trinajstić information content (AvgIpc) is 2.57. The van der Waals surface area contributed by atoms with Crippen LogP contribution in [0.3, 0.4) is 0 Å². The molecule has 0 aliphatic heterocycles. The first-order chi connectivity index (χ1) is 6.75. The average molecular weight is 240 g/mol. The molecule has 0 bridgehead atoms. The molecule has 0 aliphatic rings. The van der Waals surface area contributed by atoms with Crippen molar-refractivity contribution in [3.05, 3.63) is 24.3 Å². The highest BCUT2D eigenvalue weighted by molar-refractivity contribution is 8.02. The summed E-state index contributed by atoms with van der Waals surface area (Å²) >= 11 is 8.08. The molecule has 2 rings (SSSR count). The van der Waals surface area contributed by atoms with Crippen LogP contribution in [0.15, 0.2) is 28.6 Å². The Morgan fingerprint density at radius 2 is 2.29 bits per heavy atom. The lowest BCUT2D eigenvalue weighted by Crippen LogP contribution is -2.09. The summed E-state index contributed by atoms with van der Waals surface area (Å²) in [4.78, 5) is 4.97. The first-order valence-electron chi connectivity index (χ1n) is 4.02. The molecular weight excluding hydrogens is 232 g/mol. The highest BCUT2D eigenvalue weighted by Crippen LogP contribution is 2.28. The summed E-state index contributed by atoms with van der Waals surface area (Å²) in [5.41, 5.74) is 6.47. The molecule has 0 amide bonds. The second-order valence-corrected chi connectivity index (χ2v) is 5.48. The zero-order chi connectivity index (χ0) is 9.97. The summed E-state index contributed by atoms with van der Waals surface area (Å²) in [6, 6.07) is 8.08. The van der Waals surface area contributed by atoms with Gasteiger partial charge in [0.1, 0.15) is 0 Å². The molecule has 1 aromatic carbocycles. The second kappa shape index (κ2) is 4.25. The van der Waals surface area contributed by atoms with E-state index >= 15 is 0 Å². The number of para-hydroxylation sites is 1. The van der Waals surface area contributed by atoms with Crippen LogP contribution in [0.25, 0.3) is 10.2 Å². The van der Waals surface area contributed by atoms with Crippen LogP contribution in [-0.2, 0) is 0 Å². The van der Waals surface area contributed by atoms with Gasteiger partial charge in [0.25, 0.3) is 0 Å². The van der Waals surface area contributed by atoms with Crippen molar-refractivity contribution in [3.63, 3.8) is 0 Å². The minimum atomic E-state index is 0.522. The number of aromatic nitrogens is 1. The van der Waals surface area contributed by atoms with Gasteiger partial charge in [-0.15, -0.1) is 11.3 Å². The maximum Gasteiger partial charge on any atom is 0.151 e. The van der Waals surface area contributed by atoms with Gasteiger partial charge in [0.2, 0.25) is 0 Å². The van der Waals surface area contributed by atoms with Crippen LogP contribution in [0.5, 0.6) is 0 Å². The monoisotopic (exact) mass is 240 g/mol. The zero-order valence-electron chi connectivity index (χ0n) is 7.27. The molecule has 2 N–H and O–H groups in total. The van der Waals surface area contributed by atoms with E-state index in [-0.39, 0.29) is 0 Å². The third-order valence-corrected chi connectivity index (χ3v) is 4.17. The minimum absolute atomic E-state index is 0.522. The van der Waals surface area contributed by atoms with Gasteiger partial charge < -0.3 is 5.73 Å². The molecule has 1 aromatic heterocycles. The fourth-order valence-corrected chi connectivity index (χ4v) is 3.03. The van der Waals surface area contributed by atoms with E-state index in [0.717, 1.165) is 9.86 Å². The van der Waals surface area contributed by atoms with Crippen LogP contribution in [0.4, 0.5) is 0 Å². The van der Waals surface area contributed by atoms with Crippen LogP contribution in [0, 0.1) is 0 Å². The predicted octanol–water partition coefficient (Wildman–Crippen LogP) is 2.67. The first-order valence-corrected chi connectivity index (χ1v) is 6.23. The van der Waals surface area contributed by atoms with Gasteiger partial charge in [-0.3, -0.25) is 0 Å². The summed E-state index contributed by atoms with van der Waals surface area (Å²) in [6.45, 7) is 0. The Labute approximate surface area is 95.5 Å². The fourth-order valence-electron chi connectivity index (χ4n) is 1.05. The van der Waals surface area contributed by atoms with Gasteiger partial charge in [-0.1, -0.05) is 36.1 Å². The summed E-state index contributed by atoms with van der Waals surface area (Å²) in [7, 11) is 0. The normalized spacial score (nSPS) is 10.6. The lowest BCUT2D eigenvalue weighted by Gasteiger charge is -1.92. The van der Waals surface area contributed by atoms with E-state index in [0.29, 0.717) is 10.7 Å². The largest absolute Gasteiger partial charge is 0.393 e. The number of fused-ring (bicyclic) bond motifs is 1. The van der Waals surface area contributed by atoms with Crippen LogP contribution in [0.1, 0.15) is 0 Å². The van der Waals surface area contributed by atoms with Crippen LogP contribution in [-0.4, -0.2) is 15.7 Å². The molecule has 0 atom stereocenters. The predicted molar refractivity (Wildman–Crippen MR) is 67.1 cm³/mol. The quantitative estimate of drug-likeness (QED) is 0.661. The maximum absolute atomic E-state index is 5.42. The highest BCUT2D eigenvalue weighted by Gasteiger charge is 2.03. The van der Waals surface area contributed by atoms with E-state index in [2.05, 4.69) is 11.1 Å². The molecular formula is C9H8N2S3. The molecule has 5 heteroatoms. The van der Waals surface area contributed by atoms with E-state index in [1.165, 1.54) is 4.70 Å². The number of thioether (sulfide) groups is 1. The van der Waals surface area contributed by atoms with Crippen LogP contribution < -0.4 is 5.73 Å². The van der Waals surface area contributed by atoms with Gasteiger partial charge >= 0.3 is 0 Å². The van der Waals surface area contributed by atoms with E-state index < -0.39 is 0 Å². The first kappa shape index (κ1) is 9.89. The number of thiocarbonyl (C=S) groups is 1. The summed E-state index contributed by atoms with van der Waals surface area (Å²) in [5, 5.41) is 0. The Bertz CT molecular complexity index is 431. The lowest BCUT2D eigenvalue weighted by atomic mass is 10.3. The molecule has 0 spiro atoms. The lowest BCUT2D eigenvalue weighted by molar-refractivity contribution is 1.31. The number of benzene rings is 1. The topological polar surface area (TPSA) is 38.9 Å². The highest BCUT2D eigenvalue weighted by atomic mass is 32.2. The van der Waals surface area contributed by atoms with Gasteiger partial charge in [-0.05, 0) is 12.1 Å². The van der Waals surface area contributed by atoms with Crippen molar-refractivity contribution in [2.24, 2.45) is 5.73 Å². The Morgan fingerprint density at radius 1 is 1.50 bits per heavy atom. The zero-order valence-corrected chi connectivity index (χ0v) is 9.72. The van der Waals surface area contributed by atoms with Crippen molar-refractivity contribution >= 4 is 50.5 Å². The molecule has 0 aliphatic carbocycles.